The van der Waals surface area contributed by atoms with E-state index in [-0.39, 0.29) is 24.7 Å². The van der Waals surface area contributed by atoms with Crippen LogP contribution in [-0.2, 0) is 4.79 Å². The van der Waals surface area contributed by atoms with Gasteiger partial charge >= 0.3 is 12.0 Å². The number of nitrogens with zero attached hydrogens (tertiary/aromatic N) is 1. The van der Waals surface area contributed by atoms with Crippen LogP contribution >= 0.6 is 0 Å². The molecular weight excluding hydrogens is 208 g/mol. The molecule has 2 fully saturated rings. The van der Waals surface area contributed by atoms with E-state index in [1.165, 1.54) is 0 Å². The third kappa shape index (κ3) is 1.60. The van der Waals surface area contributed by atoms with E-state index in [4.69, 9.17) is 11.5 Å². The Balaban J connectivity index is 2.05. The first-order valence-corrected chi connectivity index (χ1v) is 5.37. The Morgan fingerprint density at radius 3 is 2.81 bits per heavy atom. The van der Waals surface area contributed by atoms with Crippen molar-refractivity contribution >= 4 is 12.0 Å². The first kappa shape index (κ1) is 10.8. The number of carboxylic acids is 1. The molecule has 0 saturated carbocycles. The summed E-state index contributed by atoms with van der Waals surface area (Å²) in [5.41, 5.74) is 0. The Labute approximate surface area is 93.8 Å². The third-order valence-corrected chi connectivity index (χ3v) is 3.43. The summed E-state index contributed by atoms with van der Waals surface area (Å²) in [5, 5.41) is 11.6. The SMILES string of the molecule is C#CCNC(=O)N1C2CCC1C(C(=O)O)C2. The van der Waals surface area contributed by atoms with Crippen molar-refractivity contribution in [3.63, 3.8) is 0 Å². The molecule has 0 aromatic heterocycles. The monoisotopic (exact) mass is 222 g/mol. The zero-order chi connectivity index (χ0) is 11.7. The summed E-state index contributed by atoms with van der Waals surface area (Å²) >= 11 is 0. The molecule has 3 atom stereocenters. The van der Waals surface area contributed by atoms with Gasteiger partial charge in [0.2, 0.25) is 0 Å². The van der Waals surface area contributed by atoms with Gasteiger partial charge in [-0.05, 0) is 19.3 Å². The van der Waals surface area contributed by atoms with Crippen molar-refractivity contribution in [2.24, 2.45) is 5.92 Å². The number of carboxylic acid groups (broad SMARTS) is 1. The van der Waals surface area contributed by atoms with Gasteiger partial charge in [0.15, 0.2) is 0 Å². The quantitative estimate of drug-likeness (QED) is 0.659. The van der Waals surface area contributed by atoms with Crippen LogP contribution in [0.2, 0.25) is 0 Å². The maximum atomic E-state index is 11.8. The van der Waals surface area contributed by atoms with Gasteiger partial charge in [0.25, 0.3) is 0 Å². The second kappa shape index (κ2) is 4.05. The van der Waals surface area contributed by atoms with Crippen LogP contribution < -0.4 is 5.32 Å². The highest BCUT2D eigenvalue weighted by molar-refractivity contribution is 5.79. The number of carbonyl (C=O) groups is 2. The number of hydrogen-bond donors (Lipinski definition) is 2. The number of nitrogens with one attached hydrogen (secondary N) is 1. The fraction of sp³-hybridized carbons (Fsp3) is 0.636. The topological polar surface area (TPSA) is 69.6 Å². The van der Waals surface area contributed by atoms with Crippen LogP contribution in [0.1, 0.15) is 19.3 Å². The smallest absolute Gasteiger partial charge is 0.318 e. The molecule has 0 radical (unpaired) electrons. The maximum Gasteiger partial charge on any atom is 0.318 e. The molecule has 2 amide bonds. The number of fused-ring (bicyclic) bond motifs is 2. The van der Waals surface area contributed by atoms with Gasteiger partial charge in [-0.2, -0.15) is 0 Å². The molecule has 2 aliphatic heterocycles. The summed E-state index contributed by atoms with van der Waals surface area (Å²) in [6.45, 7) is 0.187. The van der Waals surface area contributed by atoms with Crippen LogP contribution in [0.15, 0.2) is 0 Å². The number of amides is 2. The van der Waals surface area contributed by atoms with E-state index < -0.39 is 11.9 Å². The summed E-state index contributed by atoms with van der Waals surface area (Å²) in [7, 11) is 0. The zero-order valence-corrected chi connectivity index (χ0v) is 8.85. The lowest BCUT2D eigenvalue weighted by molar-refractivity contribution is -0.142. The average molecular weight is 222 g/mol. The fourth-order valence-corrected chi connectivity index (χ4v) is 2.79. The molecule has 2 N–H and O–H groups in total. The predicted molar refractivity (Wildman–Crippen MR) is 56.6 cm³/mol. The minimum absolute atomic E-state index is 0.0730. The Morgan fingerprint density at radius 1 is 1.50 bits per heavy atom. The highest BCUT2D eigenvalue weighted by Gasteiger charge is 2.51. The molecule has 0 aromatic carbocycles. The molecule has 86 valence electrons. The van der Waals surface area contributed by atoms with Crippen molar-refractivity contribution in [3.8, 4) is 12.3 Å². The van der Waals surface area contributed by atoms with Crippen molar-refractivity contribution < 1.29 is 14.7 Å². The van der Waals surface area contributed by atoms with Crippen LogP contribution in [0.5, 0.6) is 0 Å². The van der Waals surface area contributed by atoms with Gasteiger partial charge in [0, 0.05) is 12.1 Å². The highest BCUT2D eigenvalue weighted by atomic mass is 16.4. The largest absolute Gasteiger partial charge is 0.481 e. The van der Waals surface area contributed by atoms with E-state index in [1.807, 2.05) is 0 Å². The molecule has 16 heavy (non-hydrogen) atoms. The lowest BCUT2D eigenvalue weighted by Crippen LogP contribution is -2.44. The van der Waals surface area contributed by atoms with Crippen LogP contribution in [0.3, 0.4) is 0 Å². The van der Waals surface area contributed by atoms with E-state index in [2.05, 4.69) is 11.2 Å². The summed E-state index contributed by atoms with van der Waals surface area (Å²) in [4.78, 5) is 24.4. The molecule has 2 saturated heterocycles. The van der Waals surface area contributed by atoms with Crippen molar-refractivity contribution in [3.05, 3.63) is 0 Å². The number of aliphatic carboxylic acids is 1. The van der Waals surface area contributed by atoms with Crippen LogP contribution in [-0.4, -0.2) is 40.6 Å². The van der Waals surface area contributed by atoms with Gasteiger partial charge in [-0.1, -0.05) is 5.92 Å². The van der Waals surface area contributed by atoms with Gasteiger partial charge < -0.3 is 15.3 Å². The third-order valence-electron chi connectivity index (χ3n) is 3.43. The molecule has 5 nitrogen and oxygen atoms in total. The second-order valence-corrected chi connectivity index (χ2v) is 4.25. The molecule has 2 rings (SSSR count). The van der Waals surface area contributed by atoms with Crippen molar-refractivity contribution in [2.75, 3.05) is 6.54 Å². The van der Waals surface area contributed by atoms with Crippen LogP contribution in [0, 0.1) is 18.3 Å². The molecule has 2 bridgehead atoms. The molecular formula is C11H14N2O3. The van der Waals surface area contributed by atoms with Crippen molar-refractivity contribution in [1.29, 1.82) is 0 Å². The van der Waals surface area contributed by atoms with Gasteiger partial charge in [-0.15, -0.1) is 6.42 Å². The fourth-order valence-electron chi connectivity index (χ4n) is 2.79. The van der Waals surface area contributed by atoms with E-state index in [1.54, 1.807) is 4.90 Å². The first-order chi connectivity index (χ1) is 7.65. The first-order valence-electron chi connectivity index (χ1n) is 5.37. The highest BCUT2D eigenvalue weighted by Crippen LogP contribution is 2.41. The molecule has 0 aromatic rings. The van der Waals surface area contributed by atoms with E-state index in [9.17, 15) is 9.59 Å². The van der Waals surface area contributed by atoms with Crippen LogP contribution in [0.25, 0.3) is 0 Å². The van der Waals surface area contributed by atoms with Gasteiger partial charge in [0.1, 0.15) is 0 Å². The summed E-state index contributed by atoms with van der Waals surface area (Å²) in [5.74, 6) is 1.12. The van der Waals surface area contributed by atoms with Gasteiger partial charge in [-0.25, -0.2) is 4.79 Å². The zero-order valence-electron chi connectivity index (χ0n) is 8.85. The Hall–Kier alpha value is -1.70. The number of terminal acetylenes is 1. The molecule has 0 spiro atoms. The van der Waals surface area contributed by atoms with E-state index in [0.29, 0.717) is 6.42 Å². The van der Waals surface area contributed by atoms with Crippen LogP contribution in [0.4, 0.5) is 4.79 Å². The minimum atomic E-state index is -0.804. The maximum absolute atomic E-state index is 11.8. The number of hydrogen-bond acceptors (Lipinski definition) is 2. The molecule has 0 aliphatic carbocycles. The number of urea groups is 1. The lowest BCUT2D eigenvalue weighted by Gasteiger charge is -2.22. The molecule has 2 aliphatic rings. The number of rotatable bonds is 2. The lowest BCUT2D eigenvalue weighted by atomic mass is 9.89. The van der Waals surface area contributed by atoms with Crippen molar-refractivity contribution in [2.45, 2.75) is 31.3 Å². The normalized spacial score (nSPS) is 31.2. The molecule has 3 unspecified atom stereocenters. The van der Waals surface area contributed by atoms with Crippen molar-refractivity contribution in [1.82, 2.24) is 10.2 Å². The molecule has 2 heterocycles. The minimum Gasteiger partial charge on any atom is -0.481 e. The average Bonchev–Trinajstić information content (AvgIpc) is 2.82. The second-order valence-electron chi connectivity index (χ2n) is 4.25. The molecule has 5 heteroatoms. The van der Waals surface area contributed by atoms with Gasteiger partial charge in [-0.3, -0.25) is 4.79 Å². The van der Waals surface area contributed by atoms with E-state index >= 15 is 0 Å². The Morgan fingerprint density at radius 2 is 2.25 bits per heavy atom. The van der Waals surface area contributed by atoms with E-state index in [0.717, 1.165) is 12.8 Å². The summed E-state index contributed by atoms with van der Waals surface area (Å²) in [6, 6.07) is -0.307. The Kier molecular flexibility index (Phi) is 2.73. The Bertz CT molecular complexity index is 361. The number of carbonyl (C=O) groups excluding carboxylic acids is 1. The summed E-state index contributed by atoms with van der Waals surface area (Å²) < 4.78 is 0. The van der Waals surface area contributed by atoms with Gasteiger partial charge in [0.05, 0.1) is 12.5 Å². The predicted octanol–water partition coefficient (Wildman–Crippen LogP) is 0.267. The standard InChI is InChI=1S/C11H14N2O3/c1-2-5-12-11(16)13-7-3-4-9(13)8(6-7)10(14)15/h1,7-9H,3-6H2,(H,12,16)(H,14,15). The summed E-state index contributed by atoms with van der Waals surface area (Å²) in [6.07, 6.45) is 7.32.